The van der Waals surface area contributed by atoms with Gasteiger partial charge in [-0.05, 0) is 47.1 Å². The zero-order valence-corrected chi connectivity index (χ0v) is 15.3. The highest BCUT2D eigenvalue weighted by Crippen LogP contribution is 2.37. The van der Waals surface area contributed by atoms with Gasteiger partial charge in [-0.25, -0.2) is 0 Å². The number of rotatable bonds is 5. The molecule has 1 rings (SSSR count). The lowest BCUT2D eigenvalue weighted by molar-refractivity contribution is 0.214. The van der Waals surface area contributed by atoms with Crippen LogP contribution in [0, 0.1) is 0 Å². The number of hydrogen-bond acceptors (Lipinski definition) is 3. The standard InChI is InChI=1S/C13H25BrN2O2Si/c1-10(9-18-19(5,6)13(2,3)4)16-11(8-17)7-12(14)15-16/h7,10,17H,8-9H2,1-6H3/t10-/m0/s1. The SMILES string of the molecule is C[C@@H](CO[Si](C)(C)C(C)(C)C)n1nc(Br)cc1CO. The summed E-state index contributed by atoms with van der Waals surface area (Å²) in [7, 11) is -1.74. The van der Waals surface area contributed by atoms with Crippen molar-refractivity contribution >= 4 is 24.2 Å². The molecule has 110 valence electrons. The van der Waals surface area contributed by atoms with E-state index in [-0.39, 0.29) is 17.7 Å². The van der Waals surface area contributed by atoms with E-state index in [0.717, 1.165) is 10.3 Å². The minimum atomic E-state index is -1.74. The predicted octanol–water partition coefficient (Wildman–Crippen LogP) is 3.72. The minimum absolute atomic E-state index is 0.0109. The molecule has 0 bridgehead atoms. The van der Waals surface area contributed by atoms with E-state index in [2.05, 4.69) is 61.8 Å². The van der Waals surface area contributed by atoms with Crippen LogP contribution in [0.2, 0.25) is 18.1 Å². The number of halogens is 1. The molecule has 0 aliphatic heterocycles. The number of nitrogens with zero attached hydrogens (tertiary/aromatic N) is 2. The topological polar surface area (TPSA) is 47.3 Å². The molecule has 4 nitrogen and oxygen atoms in total. The maximum Gasteiger partial charge on any atom is 0.192 e. The number of aliphatic hydroxyl groups excluding tert-OH is 1. The lowest BCUT2D eigenvalue weighted by atomic mass is 10.2. The summed E-state index contributed by atoms with van der Waals surface area (Å²) in [6, 6.07) is 1.95. The lowest BCUT2D eigenvalue weighted by Crippen LogP contribution is -2.42. The summed E-state index contributed by atoms with van der Waals surface area (Å²) in [6.07, 6.45) is 0. The molecule has 0 radical (unpaired) electrons. The van der Waals surface area contributed by atoms with Crippen LogP contribution in [0.15, 0.2) is 10.7 Å². The van der Waals surface area contributed by atoms with Gasteiger partial charge in [-0.15, -0.1) is 0 Å². The van der Waals surface area contributed by atoms with Crippen molar-refractivity contribution in [3.8, 4) is 0 Å². The van der Waals surface area contributed by atoms with Crippen molar-refractivity contribution in [2.45, 2.75) is 58.5 Å². The molecular formula is C13H25BrN2O2Si. The fourth-order valence-electron chi connectivity index (χ4n) is 1.52. The van der Waals surface area contributed by atoms with E-state index in [1.165, 1.54) is 0 Å². The first-order chi connectivity index (χ1) is 8.58. The molecule has 0 aromatic carbocycles. The molecule has 1 aromatic rings. The second-order valence-electron chi connectivity index (χ2n) is 6.48. The summed E-state index contributed by atoms with van der Waals surface area (Å²) < 4.78 is 8.78. The molecule has 6 heteroatoms. The average molecular weight is 349 g/mol. The molecule has 1 atom stereocenters. The van der Waals surface area contributed by atoms with Gasteiger partial charge in [0.05, 0.1) is 24.9 Å². The molecule has 1 aromatic heterocycles. The Morgan fingerprint density at radius 2 is 2.05 bits per heavy atom. The van der Waals surface area contributed by atoms with Crippen molar-refractivity contribution in [3.05, 3.63) is 16.4 Å². The fraction of sp³-hybridized carbons (Fsp3) is 0.769. The maximum atomic E-state index is 9.32. The Hall–Kier alpha value is -0.173. The predicted molar refractivity (Wildman–Crippen MR) is 83.7 cm³/mol. The van der Waals surface area contributed by atoms with Gasteiger partial charge in [0.2, 0.25) is 0 Å². The van der Waals surface area contributed by atoms with Crippen LogP contribution in [0.1, 0.15) is 39.4 Å². The van der Waals surface area contributed by atoms with Gasteiger partial charge in [-0.1, -0.05) is 20.8 Å². The van der Waals surface area contributed by atoms with E-state index in [4.69, 9.17) is 4.43 Å². The first-order valence-corrected chi connectivity index (χ1v) is 10.3. The van der Waals surface area contributed by atoms with Gasteiger partial charge in [0.25, 0.3) is 0 Å². The van der Waals surface area contributed by atoms with Gasteiger partial charge in [0, 0.05) is 0 Å². The van der Waals surface area contributed by atoms with Gasteiger partial charge in [0.15, 0.2) is 8.32 Å². The Bertz CT molecular complexity index is 427. The molecule has 1 N–H and O–H groups in total. The summed E-state index contributed by atoms with van der Waals surface area (Å²) in [5, 5.41) is 13.9. The number of aromatic nitrogens is 2. The van der Waals surface area contributed by atoms with Gasteiger partial charge in [-0.2, -0.15) is 5.10 Å². The van der Waals surface area contributed by atoms with Crippen molar-refractivity contribution in [3.63, 3.8) is 0 Å². The van der Waals surface area contributed by atoms with Gasteiger partial charge >= 0.3 is 0 Å². The van der Waals surface area contributed by atoms with Crippen molar-refractivity contribution in [2.75, 3.05) is 6.61 Å². The highest BCUT2D eigenvalue weighted by molar-refractivity contribution is 9.10. The molecule has 0 spiro atoms. The normalized spacial score (nSPS) is 14.7. The van der Waals surface area contributed by atoms with Gasteiger partial charge < -0.3 is 9.53 Å². The molecule has 0 saturated carbocycles. The van der Waals surface area contributed by atoms with E-state index in [0.29, 0.717) is 6.61 Å². The quantitative estimate of drug-likeness (QED) is 0.824. The smallest absolute Gasteiger partial charge is 0.192 e. The summed E-state index contributed by atoms with van der Waals surface area (Å²) in [5.41, 5.74) is 0.804. The molecule has 1 heterocycles. The fourth-order valence-corrected chi connectivity index (χ4v) is 3.04. The number of aliphatic hydroxyl groups is 1. The Kier molecular flexibility index (Phi) is 5.40. The van der Waals surface area contributed by atoms with Crippen LogP contribution in [0.3, 0.4) is 0 Å². The Labute approximate surface area is 125 Å². The highest BCUT2D eigenvalue weighted by atomic mass is 79.9. The monoisotopic (exact) mass is 348 g/mol. The van der Waals surface area contributed by atoms with Crippen LogP contribution in [0.25, 0.3) is 0 Å². The highest BCUT2D eigenvalue weighted by Gasteiger charge is 2.37. The van der Waals surface area contributed by atoms with Crippen molar-refractivity contribution in [1.29, 1.82) is 0 Å². The molecule has 0 fully saturated rings. The molecular weight excluding hydrogens is 324 g/mol. The Morgan fingerprint density at radius 3 is 2.53 bits per heavy atom. The van der Waals surface area contributed by atoms with Crippen molar-refractivity contribution < 1.29 is 9.53 Å². The maximum absolute atomic E-state index is 9.32. The molecule has 0 aliphatic rings. The molecule has 19 heavy (non-hydrogen) atoms. The van der Waals surface area contributed by atoms with E-state index >= 15 is 0 Å². The van der Waals surface area contributed by atoms with Crippen molar-refractivity contribution in [2.24, 2.45) is 0 Å². The third-order valence-corrected chi connectivity index (χ3v) is 8.74. The summed E-state index contributed by atoms with van der Waals surface area (Å²) >= 11 is 3.34. The van der Waals surface area contributed by atoms with E-state index in [1.54, 1.807) is 0 Å². The van der Waals surface area contributed by atoms with E-state index in [9.17, 15) is 5.11 Å². The van der Waals surface area contributed by atoms with Gasteiger partial charge in [-0.3, -0.25) is 4.68 Å². The zero-order valence-electron chi connectivity index (χ0n) is 12.7. The lowest BCUT2D eigenvalue weighted by Gasteiger charge is -2.37. The van der Waals surface area contributed by atoms with E-state index in [1.807, 2.05) is 10.7 Å². The third-order valence-electron chi connectivity index (χ3n) is 3.85. The number of hydrogen-bond donors (Lipinski definition) is 1. The summed E-state index contributed by atoms with van der Waals surface area (Å²) in [5.74, 6) is 0. The average Bonchev–Trinajstić information content (AvgIpc) is 2.66. The first kappa shape index (κ1) is 16.9. The third kappa shape index (κ3) is 4.14. The first-order valence-electron chi connectivity index (χ1n) is 6.57. The van der Waals surface area contributed by atoms with Crippen LogP contribution in [-0.4, -0.2) is 29.8 Å². The summed E-state index contributed by atoms with van der Waals surface area (Å²) in [6.45, 7) is 13.8. The van der Waals surface area contributed by atoms with Crippen LogP contribution >= 0.6 is 15.9 Å². The molecule has 0 saturated heterocycles. The second-order valence-corrected chi connectivity index (χ2v) is 12.1. The Balaban J connectivity index is 2.73. The minimum Gasteiger partial charge on any atom is -0.415 e. The summed E-state index contributed by atoms with van der Waals surface area (Å²) in [4.78, 5) is 0. The van der Waals surface area contributed by atoms with E-state index < -0.39 is 8.32 Å². The van der Waals surface area contributed by atoms with Crippen LogP contribution in [0.5, 0.6) is 0 Å². The molecule has 0 amide bonds. The molecule has 0 unspecified atom stereocenters. The van der Waals surface area contributed by atoms with Crippen LogP contribution in [-0.2, 0) is 11.0 Å². The Morgan fingerprint density at radius 1 is 1.47 bits per heavy atom. The van der Waals surface area contributed by atoms with Crippen LogP contribution in [0.4, 0.5) is 0 Å². The largest absolute Gasteiger partial charge is 0.415 e. The van der Waals surface area contributed by atoms with Gasteiger partial charge in [0.1, 0.15) is 4.60 Å². The van der Waals surface area contributed by atoms with Crippen molar-refractivity contribution in [1.82, 2.24) is 9.78 Å². The second kappa shape index (κ2) is 6.07. The zero-order chi connectivity index (χ0) is 14.8. The molecule has 0 aliphatic carbocycles. The van der Waals surface area contributed by atoms with Crippen LogP contribution < -0.4 is 0 Å².